The van der Waals surface area contributed by atoms with Crippen LogP contribution in [0.25, 0.3) is 11.4 Å². The van der Waals surface area contributed by atoms with Gasteiger partial charge in [-0.2, -0.15) is 0 Å². The molecule has 1 aromatic heterocycles. The molecule has 6 heteroatoms. The van der Waals surface area contributed by atoms with Crippen molar-refractivity contribution in [2.75, 3.05) is 12.3 Å². The summed E-state index contributed by atoms with van der Waals surface area (Å²) in [4.78, 5) is 0. The van der Waals surface area contributed by atoms with E-state index in [1.54, 1.807) is 0 Å². The molecule has 1 aromatic carbocycles. The number of anilines is 1. The molecule has 20 heavy (non-hydrogen) atoms. The molecule has 1 saturated carbocycles. The van der Waals surface area contributed by atoms with Crippen LogP contribution in [-0.4, -0.2) is 26.8 Å². The first-order valence-corrected chi connectivity index (χ1v) is 6.96. The molecule has 106 valence electrons. The quantitative estimate of drug-likeness (QED) is 0.864. The van der Waals surface area contributed by atoms with Gasteiger partial charge >= 0.3 is 0 Å². The maximum Gasteiger partial charge on any atom is 0.188 e. The molecule has 2 aromatic rings. The van der Waals surface area contributed by atoms with E-state index in [9.17, 15) is 0 Å². The van der Waals surface area contributed by atoms with E-state index in [0.29, 0.717) is 18.1 Å². The van der Waals surface area contributed by atoms with Crippen LogP contribution in [0.3, 0.4) is 0 Å². The summed E-state index contributed by atoms with van der Waals surface area (Å²) < 4.78 is 7.57. The predicted octanol–water partition coefficient (Wildman–Crippen LogP) is 2.22. The largest absolute Gasteiger partial charge is 0.493 e. The third kappa shape index (κ3) is 1.92. The van der Waals surface area contributed by atoms with Gasteiger partial charge in [0.25, 0.3) is 0 Å². The SMILES string of the molecule is CCOc1cccc(N)c1-c1nnnn1C1(C)CCC1. The van der Waals surface area contributed by atoms with Crippen LogP contribution >= 0.6 is 0 Å². The highest BCUT2D eigenvalue weighted by atomic mass is 16.5. The van der Waals surface area contributed by atoms with Crippen LogP contribution in [0.5, 0.6) is 5.75 Å². The summed E-state index contributed by atoms with van der Waals surface area (Å²) in [5.74, 6) is 1.42. The minimum Gasteiger partial charge on any atom is -0.493 e. The fourth-order valence-corrected chi connectivity index (χ4v) is 2.67. The minimum atomic E-state index is -0.00933. The zero-order valence-electron chi connectivity index (χ0n) is 11.8. The van der Waals surface area contributed by atoms with Crippen LogP contribution in [0.4, 0.5) is 5.69 Å². The van der Waals surface area contributed by atoms with Gasteiger partial charge in [0.2, 0.25) is 0 Å². The Morgan fingerprint density at radius 1 is 1.40 bits per heavy atom. The summed E-state index contributed by atoms with van der Waals surface area (Å²) in [6, 6.07) is 5.63. The summed E-state index contributed by atoms with van der Waals surface area (Å²) in [5.41, 5.74) is 7.54. The summed E-state index contributed by atoms with van der Waals surface area (Å²) in [7, 11) is 0. The molecule has 0 amide bonds. The molecule has 0 atom stereocenters. The molecule has 1 aliphatic carbocycles. The van der Waals surface area contributed by atoms with Crippen molar-refractivity contribution in [3.8, 4) is 17.1 Å². The van der Waals surface area contributed by atoms with Crippen molar-refractivity contribution in [1.82, 2.24) is 20.2 Å². The number of ether oxygens (including phenoxy) is 1. The number of tetrazole rings is 1. The van der Waals surface area contributed by atoms with E-state index in [0.717, 1.165) is 24.2 Å². The van der Waals surface area contributed by atoms with Gasteiger partial charge in [0.1, 0.15) is 5.75 Å². The normalized spacial score (nSPS) is 16.7. The average Bonchev–Trinajstić information content (AvgIpc) is 2.86. The second kappa shape index (κ2) is 4.77. The summed E-state index contributed by atoms with van der Waals surface area (Å²) >= 11 is 0. The molecule has 0 bridgehead atoms. The summed E-state index contributed by atoms with van der Waals surface area (Å²) in [6.45, 7) is 4.70. The Labute approximate surface area is 117 Å². The zero-order chi connectivity index (χ0) is 14.2. The van der Waals surface area contributed by atoms with Gasteiger partial charge in [-0.3, -0.25) is 0 Å². The van der Waals surface area contributed by atoms with Gasteiger partial charge in [0.05, 0.1) is 17.7 Å². The van der Waals surface area contributed by atoms with Gasteiger partial charge < -0.3 is 10.5 Å². The van der Waals surface area contributed by atoms with Crippen molar-refractivity contribution in [2.24, 2.45) is 0 Å². The standard InChI is InChI=1S/C14H19N5O/c1-3-20-11-7-4-6-10(15)12(11)13-16-17-18-19(13)14(2)8-5-9-14/h4,6-7H,3,5,8-9,15H2,1-2H3. The average molecular weight is 273 g/mol. The lowest BCUT2D eigenvalue weighted by molar-refractivity contribution is 0.148. The first-order valence-electron chi connectivity index (χ1n) is 6.96. The van der Waals surface area contributed by atoms with Crippen LogP contribution in [0, 0.1) is 0 Å². The van der Waals surface area contributed by atoms with Crippen molar-refractivity contribution < 1.29 is 4.74 Å². The van der Waals surface area contributed by atoms with Gasteiger partial charge in [0.15, 0.2) is 5.82 Å². The fraction of sp³-hybridized carbons (Fsp3) is 0.500. The molecule has 1 heterocycles. The third-order valence-corrected chi connectivity index (χ3v) is 3.99. The smallest absolute Gasteiger partial charge is 0.188 e. The van der Waals surface area contributed by atoms with E-state index in [1.165, 1.54) is 6.42 Å². The Bertz CT molecular complexity index is 618. The van der Waals surface area contributed by atoms with Gasteiger partial charge in [-0.1, -0.05) is 6.07 Å². The second-order valence-electron chi connectivity index (χ2n) is 5.42. The highest BCUT2D eigenvalue weighted by molar-refractivity contribution is 5.77. The Hall–Kier alpha value is -2.11. The number of nitrogens with two attached hydrogens (primary N) is 1. The first-order chi connectivity index (χ1) is 9.65. The van der Waals surface area contributed by atoms with Gasteiger partial charge in [-0.15, -0.1) is 5.10 Å². The number of rotatable bonds is 4. The number of benzene rings is 1. The maximum absolute atomic E-state index is 6.13. The molecule has 6 nitrogen and oxygen atoms in total. The highest BCUT2D eigenvalue weighted by Crippen LogP contribution is 2.42. The number of hydrogen-bond donors (Lipinski definition) is 1. The Morgan fingerprint density at radius 2 is 2.20 bits per heavy atom. The number of nitrogens with zero attached hydrogens (tertiary/aromatic N) is 4. The van der Waals surface area contributed by atoms with Crippen LogP contribution in [0.1, 0.15) is 33.1 Å². The van der Waals surface area contributed by atoms with E-state index in [2.05, 4.69) is 22.4 Å². The van der Waals surface area contributed by atoms with Gasteiger partial charge in [0, 0.05) is 5.69 Å². The predicted molar refractivity (Wildman–Crippen MR) is 76.3 cm³/mol. The lowest BCUT2D eigenvalue weighted by Gasteiger charge is -2.38. The van der Waals surface area contributed by atoms with Crippen LogP contribution in [0.2, 0.25) is 0 Å². The van der Waals surface area contributed by atoms with Crippen LogP contribution in [-0.2, 0) is 5.54 Å². The van der Waals surface area contributed by atoms with Crippen molar-refractivity contribution in [3.05, 3.63) is 18.2 Å². The maximum atomic E-state index is 6.13. The van der Waals surface area contributed by atoms with E-state index in [-0.39, 0.29) is 5.54 Å². The van der Waals surface area contributed by atoms with E-state index < -0.39 is 0 Å². The van der Waals surface area contributed by atoms with Gasteiger partial charge in [-0.25, -0.2) is 4.68 Å². The summed E-state index contributed by atoms with van der Waals surface area (Å²) in [6.07, 6.45) is 3.38. The minimum absolute atomic E-state index is 0.00933. The molecule has 1 fully saturated rings. The van der Waals surface area contributed by atoms with Gasteiger partial charge in [-0.05, 0) is 55.7 Å². The lowest BCUT2D eigenvalue weighted by atomic mass is 9.78. The molecular formula is C14H19N5O. The molecule has 0 unspecified atom stereocenters. The van der Waals surface area contributed by atoms with Crippen molar-refractivity contribution in [2.45, 2.75) is 38.6 Å². The number of nitrogen functional groups attached to an aromatic ring is 1. The van der Waals surface area contributed by atoms with E-state index in [4.69, 9.17) is 10.5 Å². The highest BCUT2D eigenvalue weighted by Gasteiger charge is 2.38. The topological polar surface area (TPSA) is 78.8 Å². The van der Waals surface area contributed by atoms with Crippen LogP contribution < -0.4 is 10.5 Å². The van der Waals surface area contributed by atoms with E-state index in [1.807, 2.05) is 29.8 Å². The third-order valence-electron chi connectivity index (χ3n) is 3.99. The zero-order valence-corrected chi connectivity index (χ0v) is 11.8. The molecular weight excluding hydrogens is 254 g/mol. The Morgan fingerprint density at radius 3 is 2.85 bits per heavy atom. The number of aromatic nitrogens is 4. The lowest BCUT2D eigenvalue weighted by Crippen LogP contribution is -2.38. The van der Waals surface area contributed by atoms with Crippen molar-refractivity contribution in [3.63, 3.8) is 0 Å². The second-order valence-corrected chi connectivity index (χ2v) is 5.42. The fourth-order valence-electron chi connectivity index (χ4n) is 2.67. The van der Waals surface area contributed by atoms with Crippen LogP contribution in [0.15, 0.2) is 18.2 Å². The summed E-state index contributed by atoms with van der Waals surface area (Å²) in [5, 5.41) is 12.2. The molecule has 1 aliphatic rings. The molecule has 0 aliphatic heterocycles. The molecule has 0 radical (unpaired) electrons. The first kappa shape index (κ1) is 12.9. The molecule has 0 saturated heterocycles. The van der Waals surface area contributed by atoms with E-state index >= 15 is 0 Å². The molecule has 3 rings (SSSR count). The molecule has 2 N–H and O–H groups in total. The Balaban J connectivity index is 2.12. The Kier molecular flexibility index (Phi) is 3.08. The number of hydrogen-bond acceptors (Lipinski definition) is 5. The monoisotopic (exact) mass is 273 g/mol. The van der Waals surface area contributed by atoms with Crippen molar-refractivity contribution >= 4 is 5.69 Å². The van der Waals surface area contributed by atoms with Crippen molar-refractivity contribution in [1.29, 1.82) is 0 Å². The molecule has 0 spiro atoms.